The van der Waals surface area contributed by atoms with Crippen molar-refractivity contribution >= 4 is 17.3 Å². The quantitative estimate of drug-likeness (QED) is 0.636. The van der Waals surface area contributed by atoms with Crippen LogP contribution >= 0.6 is 0 Å². The van der Waals surface area contributed by atoms with E-state index in [2.05, 4.69) is 0 Å². The van der Waals surface area contributed by atoms with Crippen LogP contribution in [0.25, 0.3) is 0 Å². The maximum Gasteiger partial charge on any atom is 0.256 e. The second kappa shape index (κ2) is 9.78. The smallest absolute Gasteiger partial charge is 0.256 e. The molecule has 2 aromatic carbocycles. The summed E-state index contributed by atoms with van der Waals surface area (Å²) in [6.45, 7) is 7.13. The van der Waals surface area contributed by atoms with Crippen LogP contribution in [0.2, 0.25) is 0 Å². The fourth-order valence-electron chi connectivity index (χ4n) is 2.97. The predicted octanol–water partition coefficient (Wildman–Crippen LogP) is 4.34. The molecule has 0 aliphatic carbocycles. The van der Waals surface area contributed by atoms with Gasteiger partial charge in [-0.1, -0.05) is 12.1 Å². The number of benzene rings is 2. The van der Waals surface area contributed by atoms with E-state index in [0.717, 1.165) is 11.3 Å². The van der Waals surface area contributed by atoms with E-state index in [1.807, 2.05) is 57.2 Å². The highest BCUT2D eigenvalue weighted by molar-refractivity contribution is 6.04. The molecule has 6 nitrogen and oxygen atoms in total. The van der Waals surface area contributed by atoms with Crippen molar-refractivity contribution in [3.63, 3.8) is 0 Å². The molecule has 0 aliphatic rings. The maximum atomic E-state index is 12.8. The summed E-state index contributed by atoms with van der Waals surface area (Å²) >= 11 is 0. The molecule has 28 heavy (non-hydrogen) atoms. The molecule has 6 heteroatoms. The number of methoxy groups -OCH3 is 3. The van der Waals surface area contributed by atoms with Crippen LogP contribution in [0.15, 0.2) is 41.4 Å². The molecule has 0 aliphatic heterocycles. The summed E-state index contributed by atoms with van der Waals surface area (Å²) in [6, 6.07) is 11.1. The molecule has 0 aromatic heterocycles. The topological polar surface area (TPSA) is 60.4 Å². The van der Waals surface area contributed by atoms with Crippen molar-refractivity contribution in [2.45, 2.75) is 20.8 Å². The van der Waals surface area contributed by atoms with Crippen LogP contribution in [-0.4, -0.2) is 50.9 Å². The molecular formula is C22H28N2O4. The van der Waals surface area contributed by atoms with Crippen LogP contribution < -0.4 is 14.2 Å². The first-order valence-electron chi connectivity index (χ1n) is 9.24. The van der Waals surface area contributed by atoms with Gasteiger partial charge in [0.05, 0.1) is 32.6 Å². The van der Waals surface area contributed by atoms with E-state index < -0.39 is 0 Å². The molecule has 0 saturated carbocycles. The van der Waals surface area contributed by atoms with Crippen LogP contribution in [0.4, 0.5) is 5.69 Å². The lowest BCUT2D eigenvalue weighted by molar-refractivity contribution is 0.0774. The zero-order valence-electron chi connectivity index (χ0n) is 17.4. The first-order valence-corrected chi connectivity index (χ1v) is 9.24. The van der Waals surface area contributed by atoms with Crippen molar-refractivity contribution in [3.05, 3.63) is 47.5 Å². The second-order valence-corrected chi connectivity index (χ2v) is 6.11. The summed E-state index contributed by atoms with van der Waals surface area (Å²) in [6.07, 6.45) is 0. The van der Waals surface area contributed by atoms with Gasteiger partial charge in [-0.05, 0) is 45.0 Å². The summed E-state index contributed by atoms with van der Waals surface area (Å²) in [5, 5.41) is 0. The van der Waals surface area contributed by atoms with E-state index in [9.17, 15) is 4.79 Å². The number of ether oxygens (including phenoxy) is 3. The number of aliphatic imine (C=N–C) groups is 1. The Morgan fingerprint density at radius 1 is 0.964 bits per heavy atom. The number of hydrogen-bond donors (Lipinski definition) is 0. The van der Waals surface area contributed by atoms with Crippen LogP contribution in [0.1, 0.15) is 36.7 Å². The molecule has 2 aromatic rings. The van der Waals surface area contributed by atoms with Crippen molar-refractivity contribution in [3.8, 4) is 17.2 Å². The van der Waals surface area contributed by atoms with Crippen LogP contribution in [0.5, 0.6) is 17.2 Å². The minimum absolute atomic E-state index is 0.0259. The Kier molecular flexibility index (Phi) is 7.44. The molecule has 0 spiro atoms. The van der Waals surface area contributed by atoms with E-state index >= 15 is 0 Å². The standard InChI is InChI=1S/C22H28N2O4/c1-7-24(8-2)22(25)17-11-9-10-12-18(17)23-15(3)16-13-19(26-4)21(28-6)20(14-16)27-5/h9-14H,7-8H2,1-6H3. The van der Waals surface area contributed by atoms with Crippen molar-refractivity contribution in [1.29, 1.82) is 0 Å². The van der Waals surface area contributed by atoms with E-state index in [0.29, 0.717) is 41.6 Å². The Hall–Kier alpha value is -3.02. The van der Waals surface area contributed by atoms with Gasteiger partial charge in [-0.2, -0.15) is 0 Å². The summed E-state index contributed by atoms with van der Waals surface area (Å²) < 4.78 is 16.2. The zero-order chi connectivity index (χ0) is 20.7. The largest absolute Gasteiger partial charge is 0.493 e. The van der Waals surface area contributed by atoms with Gasteiger partial charge in [0.2, 0.25) is 5.75 Å². The summed E-state index contributed by atoms with van der Waals surface area (Å²) in [4.78, 5) is 19.3. The van der Waals surface area contributed by atoms with Crippen molar-refractivity contribution in [1.82, 2.24) is 4.90 Å². The summed E-state index contributed by atoms with van der Waals surface area (Å²) in [5.74, 6) is 1.61. The minimum Gasteiger partial charge on any atom is -0.493 e. The fourth-order valence-corrected chi connectivity index (χ4v) is 2.97. The molecule has 0 atom stereocenters. The highest BCUT2D eigenvalue weighted by Gasteiger charge is 2.17. The van der Waals surface area contributed by atoms with Crippen LogP contribution in [0.3, 0.4) is 0 Å². The second-order valence-electron chi connectivity index (χ2n) is 6.11. The Balaban J connectivity index is 2.51. The Labute approximate surface area is 166 Å². The highest BCUT2D eigenvalue weighted by atomic mass is 16.5. The average molecular weight is 384 g/mol. The van der Waals surface area contributed by atoms with Gasteiger partial charge in [0.1, 0.15) is 0 Å². The van der Waals surface area contributed by atoms with E-state index in [1.165, 1.54) is 0 Å². The van der Waals surface area contributed by atoms with Crippen molar-refractivity contribution in [2.75, 3.05) is 34.4 Å². The molecule has 150 valence electrons. The molecular weight excluding hydrogens is 356 g/mol. The third-order valence-electron chi connectivity index (χ3n) is 4.56. The third kappa shape index (κ3) is 4.44. The van der Waals surface area contributed by atoms with Gasteiger partial charge in [0.15, 0.2) is 11.5 Å². The van der Waals surface area contributed by atoms with Gasteiger partial charge in [-0.15, -0.1) is 0 Å². The predicted molar refractivity (Wildman–Crippen MR) is 112 cm³/mol. The molecule has 2 rings (SSSR count). The number of carbonyl (C=O) groups is 1. The number of amides is 1. The number of carbonyl (C=O) groups excluding carboxylic acids is 1. The molecule has 0 heterocycles. The van der Waals surface area contributed by atoms with Crippen molar-refractivity contribution < 1.29 is 19.0 Å². The highest BCUT2D eigenvalue weighted by Crippen LogP contribution is 2.38. The summed E-state index contributed by atoms with van der Waals surface area (Å²) in [7, 11) is 4.72. The van der Waals surface area contributed by atoms with Crippen LogP contribution in [0, 0.1) is 0 Å². The van der Waals surface area contributed by atoms with Crippen LogP contribution in [-0.2, 0) is 0 Å². The number of nitrogens with zero attached hydrogens (tertiary/aromatic N) is 2. The first-order chi connectivity index (χ1) is 13.5. The van der Waals surface area contributed by atoms with Crippen molar-refractivity contribution in [2.24, 2.45) is 4.99 Å². The number of hydrogen-bond acceptors (Lipinski definition) is 5. The van der Waals surface area contributed by atoms with Gasteiger partial charge in [-0.25, -0.2) is 0 Å². The van der Waals surface area contributed by atoms with Gasteiger partial charge < -0.3 is 19.1 Å². The molecule has 0 radical (unpaired) electrons. The Morgan fingerprint density at radius 3 is 2.04 bits per heavy atom. The van der Waals surface area contributed by atoms with E-state index in [-0.39, 0.29) is 5.91 Å². The normalized spacial score (nSPS) is 11.1. The molecule has 0 unspecified atom stereocenters. The lowest BCUT2D eigenvalue weighted by Gasteiger charge is -2.19. The maximum absolute atomic E-state index is 12.8. The van der Waals surface area contributed by atoms with E-state index in [1.54, 1.807) is 26.2 Å². The van der Waals surface area contributed by atoms with Gasteiger partial charge in [0, 0.05) is 24.4 Å². The van der Waals surface area contributed by atoms with Gasteiger partial charge >= 0.3 is 0 Å². The Bertz CT molecular complexity index is 832. The number of rotatable bonds is 8. The molecule has 0 N–H and O–H groups in total. The first kappa shape index (κ1) is 21.3. The summed E-state index contributed by atoms with van der Waals surface area (Å²) in [5.41, 5.74) is 2.77. The zero-order valence-corrected chi connectivity index (χ0v) is 17.4. The third-order valence-corrected chi connectivity index (χ3v) is 4.56. The van der Waals surface area contributed by atoms with E-state index in [4.69, 9.17) is 19.2 Å². The number of para-hydroxylation sites is 1. The lowest BCUT2D eigenvalue weighted by atomic mass is 10.1. The fraction of sp³-hybridized carbons (Fsp3) is 0.364. The molecule has 0 bridgehead atoms. The van der Waals surface area contributed by atoms with Gasteiger partial charge in [0.25, 0.3) is 5.91 Å². The lowest BCUT2D eigenvalue weighted by Crippen LogP contribution is -2.30. The molecule has 1 amide bonds. The van der Waals surface area contributed by atoms with Gasteiger partial charge in [-0.3, -0.25) is 9.79 Å². The average Bonchev–Trinajstić information content (AvgIpc) is 2.73. The monoisotopic (exact) mass is 384 g/mol. The molecule has 0 fully saturated rings. The molecule has 0 saturated heterocycles. The minimum atomic E-state index is -0.0259. The Morgan fingerprint density at radius 2 is 1.54 bits per heavy atom. The SMILES string of the molecule is CCN(CC)C(=O)c1ccccc1N=C(C)c1cc(OC)c(OC)c(OC)c1.